The third-order valence-corrected chi connectivity index (χ3v) is 2.73. The Morgan fingerprint density at radius 3 is 2.67 bits per heavy atom. The van der Waals surface area contributed by atoms with E-state index >= 15 is 0 Å². The van der Waals surface area contributed by atoms with Crippen LogP contribution in [-0.4, -0.2) is 25.6 Å². The van der Waals surface area contributed by atoms with Gasteiger partial charge in [-0.1, -0.05) is 0 Å². The summed E-state index contributed by atoms with van der Waals surface area (Å²) in [5.74, 6) is 0.657. The number of nitrogens with two attached hydrogens (primary N) is 1. The van der Waals surface area contributed by atoms with Crippen LogP contribution in [0.25, 0.3) is 0 Å². The number of benzene rings is 1. The van der Waals surface area contributed by atoms with Gasteiger partial charge in [0.15, 0.2) is 0 Å². The lowest BCUT2D eigenvalue weighted by Gasteiger charge is -2.02. The number of quaternary nitrogens is 1. The van der Waals surface area contributed by atoms with Crippen LogP contribution >= 0.6 is 0 Å². The van der Waals surface area contributed by atoms with Crippen LogP contribution in [0.3, 0.4) is 0 Å². The number of carbonyl (C=O) groups excluding carboxylic acids is 1. The average Bonchev–Trinajstić information content (AvgIpc) is 2.98. The van der Waals surface area contributed by atoms with Crippen LogP contribution in [0.5, 0.6) is 5.75 Å². The number of primary amides is 1. The summed E-state index contributed by atoms with van der Waals surface area (Å²) in [7, 11) is 1.65. The first-order chi connectivity index (χ1) is 7.20. The molecule has 1 saturated heterocycles. The van der Waals surface area contributed by atoms with Crippen molar-refractivity contribution in [1.82, 2.24) is 0 Å². The van der Waals surface area contributed by atoms with E-state index in [1.807, 2.05) is 24.3 Å². The Balaban J connectivity index is 1.92. The summed E-state index contributed by atoms with van der Waals surface area (Å²) in [6, 6.07) is 7.91. The largest absolute Gasteiger partial charge is 0.497 e. The molecule has 0 bridgehead atoms. The molecule has 4 heteroatoms. The topological polar surface area (TPSA) is 56.8 Å². The summed E-state index contributed by atoms with van der Waals surface area (Å²) < 4.78 is 5.07. The lowest BCUT2D eigenvalue weighted by molar-refractivity contribution is -0.784. The predicted molar refractivity (Wildman–Crippen MR) is 55.5 cm³/mol. The summed E-state index contributed by atoms with van der Waals surface area (Å²) in [6.07, 6.45) is 0. The third-order valence-electron chi connectivity index (χ3n) is 2.73. The zero-order valence-electron chi connectivity index (χ0n) is 8.69. The van der Waals surface area contributed by atoms with Gasteiger partial charge < -0.3 is 15.4 Å². The minimum absolute atomic E-state index is 0.0205. The van der Waals surface area contributed by atoms with E-state index in [0.29, 0.717) is 0 Å². The summed E-state index contributed by atoms with van der Waals surface area (Å²) in [5, 5.41) is 0. The maximum Gasteiger partial charge on any atom is 0.281 e. The second kappa shape index (κ2) is 3.90. The molecule has 1 amide bonds. The fourth-order valence-corrected chi connectivity index (χ4v) is 1.71. The molecule has 0 saturated carbocycles. The summed E-state index contributed by atoms with van der Waals surface area (Å²) in [6.45, 7) is 1.72. The highest BCUT2D eigenvalue weighted by molar-refractivity contribution is 5.80. The Labute approximate surface area is 88.6 Å². The molecular formula is C11H15N2O2+. The molecule has 0 aliphatic carbocycles. The summed E-state index contributed by atoms with van der Waals surface area (Å²) >= 11 is 0. The Hall–Kier alpha value is -1.55. The van der Waals surface area contributed by atoms with E-state index in [-0.39, 0.29) is 11.9 Å². The van der Waals surface area contributed by atoms with Gasteiger partial charge >= 0.3 is 0 Å². The number of hydrogen-bond donors (Lipinski definition) is 2. The maximum atomic E-state index is 10.8. The van der Waals surface area contributed by atoms with Gasteiger partial charge in [0.1, 0.15) is 18.8 Å². The van der Waals surface area contributed by atoms with Gasteiger partial charge in [-0.15, -0.1) is 0 Å². The Morgan fingerprint density at radius 2 is 2.20 bits per heavy atom. The smallest absolute Gasteiger partial charge is 0.281 e. The van der Waals surface area contributed by atoms with Crippen molar-refractivity contribution in [2.45, 2.75) is 12.6 Å². The number of rotatable bonds is 4. The van der Waals surface area contributed by atoms with Crippen molar-refractivity contribution in [2.75, 3.05) is 13.7 Å². The van der Waals surface area contributed by atoms with Gasteiger partial charge in [-0.2, -0.15) is 0 Å². The van der Waals surface area contributed by atoms with E-state index in [1.165, 1.54) is 10.5 Å². The summed E-state index contributed by atoms with van der Waals surface area (Å²) in [4.78, 5) is 12.1. The van der Waals surface area contributed by atoms with E-state index in [2.05, 4.69) is 0 Å². The minimum atomic E-state index is -0.196. The van der Waals surface area contributed by atoms with Crippen molar-refractivity contribution in [3.8, 4) is 5.75 Å². The second-order valence-electron chi connectivity index (χ2n) is 3.84. The standard InChI is InChI=1S/C11H14N2O2/c1-15-9-4-2-8(3-5-9)6-13-7-10(13)11(12)14/h2-5,10H,6-7H2,1H3,(H2,12,14)/p+1/t10-,13?/m0/s1. The van der Waals surface area contributed by atoms with Crippen LogP contribution in [0, 0.1) is 0 Å². The van der Waals surface area contributed by atoms with Crippen LogP contribution in [0.2, 0.25) is 0 Å². The van der Waals surface area contributed by atoms with Crippen molar-refractivity contribution in [3.63, 3.8) is 0 Å². The van der Waals surface area contributed by atoms with Crippen molar-refractivity contribution in [1.29, 1.82) is 0 Å². The van der Waals surface area contributed by atoms with Gasteiger partial charge in [0.2, 0.25) is 6.04 Å². The van der Waals surface area contributed by atoms with Gasteiger partial charge in [0.05, 0.1) is 7.11 Å². The number of hydrogen-bond acceptors (Lipinski definition) is 2. The van der Waals surface area contributed by atoms with Crippen LogP contribution < -0.4 is 15.4 Å². The van der Waals surface area contributed by atoms with Crippen molar-refractivity contribution in [3.05, 3.63) is 29.8 Å². The highest BCUT2D eigenvalue weighted by Crippen LogP contribution is 2.10. The molecule has 1 fully saturated rings. The zero-order chi connectivity index (χ0) is 10.8. The molecule has 3 N–H and O–H groups in total. The van der Waals surface area contributed by atoms with E-state index in [9.17, 15) is 4.79 Å². The average molecular weight is 207 g/mol. The van der Waals surface area contributed by atoms with Crippen LogP contribution in [0.15, 0.2) is 24.3 Å². The Kier molecular flexibility index (Phi) is 2.60. The van der Waals surface area contributed by atoms with E-state index in [4.69, 9.17) is 10.5 Å². The normalized spacial score (nSPS) is 23.5. The van der Waals surface area contributed by atoms with E-state index in [1.54, 1.807) is 7.11 Å². The molecule has 1 aromatic carbocycles. The first-order valence-corrected chi connectivity index (χ1v) is 4.97. The maximum absolute atomic E-state index is 10.8. The predicted octanol–water partition coefficient (Wildman–Crippen LogP) is -1.05. The molecule has 2 atom stereocenters. The molecule has 1 aliphatic heterocycles. The Bertz CT molecular complexity index is 361. The lowest BCUT2D eigenvalue weighted by Crippen LogP contribution is -2.93. The number of methoxy groups -OCH3 is 1. The fourth-order valence-electron chi connectivity index (χ4n) is 1.71. The molecule has 0 radical (unpaired) electrons. The van der Waals surface area contributed by atoms with Crippen LogP contribution in [-0.2, 0) is 11.3 Å². The van der Waals surface area contributed by atoms with E-state index in [0.717, 1.165) is 18.8 Å². The van der Waals surface area contributed by atoms with Gasteiger partial charge in [0, 0.05) is 5.56 Å². The Morgan fingerprint density at radius 1 is 1.53 bits per heavy atom. The molecule has 80 valence electrons. The quantitative estimate of drug-likeness (QED) is 0.619. The SMILES string of the molecule is COc1ccc(C[NH+]2C[C@H]2C(N)=O)cc1. The molecule has 0 aromatic heterocycles. The van der Waals surface area contributed by atoms with Gasteiger partial charge in [-0.05, 0) is 24.3 Å². The van der Waals surface area contributed by atoms with Crippen molar-refractivity contribution < 1.29 is 14.4 Å². The molecular weight excluding hydrogens is 192 g/mol. The highest BCUT2D eigenvalue weighted by Gasteiger charge is 2.44. The minimum Gasteiger partial charge on any atom is -0.497 e. The second-order valence-corrected chi connectivity index (χ2v) is 3.84. The molecule has 4 nitrogen and oxygen atoms in total. The first-order valence-electron chi connectivity index (χ1n) is 4.97. The summed E-state index contributed by atoms with van der Waals surface area (Å²) in [5.41, 5.74) is 6.41. The highest BCUT2D eigenvalue weighted by atomic mass is 16.5. The number of amides is 1. The molecule has 0 spiro atoms. The van der Waals surface area contributed by atoms with Gasteiger partial charge in [0.25, 0.3) is 5.91 Å². The zero-order valence-corrected chi connectivity index (χ0v) is 8.69. The number of ether oxygens (including phenoxy) is 1. The van der Waals surface area contributed by atoms with E-state index < -0.39 is 0 Å². The van der Waals surface area contributed by atoms with Crippen molar-refractivity contribution in [2.24, 2.45) is 5.73 Å². The lowest BCUT2D eigenvalue weighted by atomic mass is 10.2. The first kappa shape index (κ1) is 9.98. The molecule has 1 heterocycles. The molecule has 1 aromatic rings. The molecule has 15 heavy (non-hydrogen) atoms. The van der Waals surface area contributed by atoms with Crippen LogP contribution in [0.4, 0.5) is 0 Å². The molecule has 1 unspecified atom stereocenters. The molecule has 1 aliphatic rings. The number of nitrogens with one attached hydrogen (secondary N) is 1. The molecule has 2 rings (SSSR count). The fraction of sp³-hybridized carbons (Fsp3) is 0.364. The van der Waals surface area contributed by atoms with Crippen LogP contribution in [0.1, 0.15) is 5.56 Å². The monoisotopic (exact) mass is 207 g/mol. The third kappa shape index (κ3) is 2.27. The van der Waals surface area contributed by atoms with Crippen molar-refractivity contribution >= 4 is 5.91 Å². The number of carbonyl (C=O) groups is 1. The van der Waals surface area contributed by atoms with Gasteiger partial charge in [-0.3, -0.25) is 4.79 Å². The van der Waals surface area contributed by atoms with Gasteiger partial charge in [-0.25, -0.2) is 0 Å².